The highest BCUT2D eigenvalue weighted by atomic mass is 35.5. The lowest BCUT2D eigenvalue weighted by atomic mass is 10.1. The molecule has 0 bridgehead atoms. The Kier molecular flexibility index (Phi) is 6.12. The topological polar surface area (TPSA) is 77.1 Å². The maximum absolute atomic E-state index is 14.0. The van der Waals surface area contributed by atoms with E-state index in [2.05, 4.69) is 20.5 Å². The Labute approximate surface area is 210 Å². The molecule has 5 rings (SSSR count). The normalized spacial score (nSPS) is 11.7. The standard InChI is InChI=1S/C24H14ClF5N6O/c25-16-2-1-3-17(27)15(16)12-35-9-8-21(34-35)32-23(37)19-11-22-31-18(13-4-6-14(26)7-5-13)10-20(24(28,29)30)36(22)33-19/h1-11H,12H2,(H,32,34,37). The average molecular weight is 533 g/mol. The fourth-order valence-electron chi connectivity index (χ4n) is 3.60. The van der Waals surface area contributed by atoms with Gasteiger partial charge in [0.15, 0.2) is 22.9 Å². The van der Waals surface area contributed by atoms with Gasteiger partial charge in [0.2, 0.25) is 0 Å². The van der Waals surface area contributed by atoms with Crippen molar-refractivity contribution >= 4 is 29.0 Å². The minimum absolute atomic E-state index is 0.0131. The molecule has 188 valence electrons. The van der Waals surface area contributed by atoms with E-state index < -0.39 is 29.4 Å². The molecule has 5 aromatic rings. The first-order valence-electron chi connectivity index (χ1n) is 10.6. The van der Waals surface area contributed by atoms with Crippen LogP contribution in [0.5, 0.6) is 0 Å². The predicted octanol–water partition coefficient (Wildman–Crippen LogP) is 5.84. The number of aromatic nitrogens is 5. The summed E-state index contributed by atoms with van der Waals surface area (Å²) in [7, 11) is 0. The van der Waals surface area contributed by atoms with Crippen LogP contribution in [0.3, 0.4) is 0 Å². The van der Waals surface area contributed by atoms with Crippen LogP contribution < -0.4 is 5.32 Å². The molecular weight excluding hydrogens is 519 g/mol. The molecule has 0 radical (unpaired) electrons. The van der Waals surface area contributed by atoms with Crippen LogP contribution in [0.1, 0.15) is 21.7 Å². The summed E-state index contributed by atoms with van der Waals surface area (Å²) in [5, 5.41) is 10.6. The fraction of sp³-hybridized carbons (Fsp3) is 0.0833. The zero-order chi connectivity index (χ0) is 26.3. The number of hydrogen-bond acceptors (Lipinski definition) is 4. The molecule has 3 heterocycles. The van der Waals surface area contributed by atoms with E-state index >= 15 is 0 Å². The fourth-order valence-corrected chi connectivity index (χ4v) is 3.82. The van der Waals surface area contributed by atoms with Crippen molar-refractivity contribution in [2.75, 3.05) is 5.32 Å². The summed E-state index contributed by atoms with van der Waals surface area (Å²) in [6, 6.07) is 12.3. The summed E-state index contributed by atoms with van der Waals surface area (Å²) in [6.07, 6.45) is -3.34. The smallest absolute Gasteiger partial charge is 0.304 e. The maximum atomic E-state index is 14.0. The van der Waals surface area contributed by atoms with Gasteiger partial charge in [-0.15, -0.1) is 0 Å². The number of anilines is 1. The third-order valence-corrected chi connectivity index (χ3v) is 5.71. The van der Waals surface area contributed by atoms with Gasteiger partial charge in [0.05, 0.1) is 12.2 Å². The van der Waals surface area contributed by atoms with Gasteiger partial charge in [0.1, 0.15) is 11.6 Å². The van der Waals surface area contributed by atoms with Crippen LogP contribution in [0.15, 0.2) is 66.9 Å². The van der Waals surface area contributed by atoms with Crippen molar-refractivity contribution in [1.82, 2.24) is 24.4 Å². The molecule has 0 aliphatic heterocycles. The Bertz CT molecular complexity index is 1610. The number of carbonyl (C=O) groups is 1. The molecule has 0 aliphatic carbocycles. The number of benzene rings is 2. The first-order chi connectivity index (χ1) is 17.6. The Morgan fingerprint density at radius 1 is 1.00 bits per heavy atom. The molecule has 2 aromatic carbocycles. The number of hydrogen-bond donors (Lipinski definition) is 1. The summed E-state index contributed by atoms with van der Waals surface area (Å²) >= 11 is 6.03. The second-order valence-electron chi connectivity index (χ2n) is 7.88. The molecular formula is C24H14ClF5N6O. The number of rotatable bonds is 5. The quantitative estimate of drug-likeness (QED) is 0.288. The van der Waals surface area contributed by atoms with Crippen molar-refractivity contribution in [3.63, 3.8) is 0 Å². The highest BCUT2D eigenvalue weighted by molar-refractivity contribution is 6.31. The Morgan fingerprint density at radius 3 is 2.46 bits per heavy atom. The SMILES string of the molecule is O=C(Nc1ccn(Cc2c(F)cccc2Cl)n1)c1cc2nc(-c3ccc(F)cc3)cc(C(F)(F)F)n2n1. The van der Waals surface area contributed by atoms with Crippen molar-refractivity contribution in [1.29, 1.82) is 0 Å². The molecule has 1 N–H and O–H groups in total. The third-order valence-electron chi connectivity index (χ3n) is 5.35. The zero-order valence-corrected chi connectivity index (χ0v) is 19.2. The molecule has 7 nitrogen and oxygen atoms in total. The Morgan fingerprint density at radius 2 is 1.76 bits per heavy atom. The van der Waals surface area contributed by atoms with Gasteiger partial charge < -0.3 is 5.32 Å². The van der Waals surface area contributed by atoms with Crippen molar-refractivity contribution < 1.29 is 26.7 Å². The number of halogens is 6. The molecule has 0 fully saturated rings. The van der Waals surface area contributed by atoms with Crippen LogP contribution >= 0.6 is 11.6 Å². The van der Waals surface area contributed by atoms with E-state index in [0.29, 0.717) is 4.52 Å². The average Bonchev–Trinajstić information content (AvgIpc) is 3.47. The van der Waals surface area contributed by atoms with Crippen LogP contribution in [0, 0.1) is 11.6 Å². The van der Waals surface area contributed by atoms with E-state index in [1.165, 1.54) is 47.3 Å². The minimum atomic E-state index is -4.82. The van der Waals surface area contributed by atoms with E-state index in [0.717, 1.165) is 24.3 Å². The van der Waals surface area contributed by atoms with Crippen molar-refractivity contribution in [2.45, 2.75) is 12.7 Å². The van der Waals surface area contributed by atoms with E-state index in [9.17, 15) is 26.7 Å². The number of amides is 1. The number of nitrogens with zero attached hydrogens (tertiary/aromatic N) is 5. The zero-order valence-electron chi connectivity index (χ0n) is 18.5. The Hall–Kier alpha value is -4.32. The summed E-state index contributed by atoms with van der Waals surface area (Å²) in [4.78, 5) is 16.9. The summed E-state index contributed by atoms with van der Waals surface area (Å²) in [6.45, 7) is -0.0131. The summed E-state index contributed by atoms with van der Waals surface area (Å²) < 4.78 is 70.5. The molecule has 13 heteroatoms. The molecule has 0 saturated heterocycles. The lowest BCUT2D eigenvalue weighted by Crippen LogP contribution is -2.16. The van der Waals surface area contributed by atoms with Crippen LogP contribution in [-0.2, 0) is 12.7 Å². The van der Waals surface area contributed by atoms with Crippen molar-refractivity contribution in [2.24, 2.45) is 0 Å². The van der Waals surface area contributed by atoms with Crippen molar-refractivity contribution in [3.8, 4) is 11.3 Å². The van der Waals surface area contributed by atoms with Gasteiger partial charge in [-0.2, -0.15) is 23.4 Å². The van der Waals surface area contributed by atoms with Crippen molar-refractivity contribution in [3.05, 3.63) is 100 Å². The maximum Gasteiger partial charge on any atom is 0.433 e. The lowest BCUT2D eigenvalue weighted by Gasteiger charge is -2.11. The molecule has 0 spiro atoms. The molecule has 37 heavy (non-hydrogen) atoms. The van der Waals surface area contributed by atoms with Gasteiger partial charge in [-0.3, -0.25) is 9.48 Å². The number of alkyl halides is 3. The third kappa shape index (κ3) is 5.00. The number of nitrogens with one attached hydrogen (secondary N) is 1. The first kappa shape index (κ1) is 24.4. The van der Waals surface area contributed by atoms with Crippen LogP contribution in [0.4, 0.5) is 27.8 Å². The number of carbonyl (C=O) groups excluding carboxylic acids is 1. The van der Waals surface area contributed by atoms with Gasteiger partial charge in [-0.1, -0.05) is 17.7 Å². The van der Waals surface area contributed by atoms with Gasteiger partial charge in [-0.25, -0.2) is 18.3 Å². The second kappa shape index (κ2) is 9.28. The largest absolute Gasteiger partial charge is 0.433 e. The molecule has 1 amide bonds. The minimum Gasteiger partial charge on any atom is -0.304 e. The van der Waals surface area contributed by atoms with E-state index in [1.807, 2.05) is 0 Å². The predicted molar refractivity (Wildman–Crippen MR) is 124 cm³/mol. The van der Waals surface area contributed by atoms with Gasteiger partial charge in [0.25, 0.3) is 5.91 Å². The highest BCUT2D eigenvalue weighted by Crippen LogP contribution is 2.32. The first-order valence-corrected chi connectivity index (χ1v) is 11.0. The van der Waals surface area contributed by atoms with Gasteiger partial charge >= 0.3 is 6.18 Å². The number of fused-ring (bicyclic) bond motifs is 1. The van der Waals surface area contributed by atoms with E-state index in [-0.39, 0.29) is 45.5 Å². The van der Waals surface area contributed by atoms with Gasteiger partial charge in [0, 0.05) is 34.5 Å². The molecule has 0 unspecified atom stereocenters. The van der Waals surface area contributed by atoms with Gasteiger partial charge in [-0.05, 0) is 42.5 Å². The highest BCUT2D eigenvalue weighted by Gasteiger charge is 2.35. The van der Waals surface area contributed by atoms with E-state index in [1.54, 1.807) is 0 Å². The molecule has 0 atom stereocenters. The second-order valence-corrected chi connectivity index (χ2v) is 8.29. The monoisotopic (exact) mass is 532 g/mol. The van der Waals surface area contributed by atoms with Crippen LogP contribution in [0.2, 0.25) is 5.02 Å². The molecule has 0 aliphatic rings. The summed E-state index contributed by atoms with van der Waals surface area (Å²) in [5.74, 6) is -1.85. The molecule has 0 saturated carbocycles. The Balaban J connectivity index is 1.43. The van der Waals surface area contributed by atoms with Crippen LogP contribution in [0.25, 0.3) is 16.9 Å². The molecule has 3 aromatic heterocycles. The summed E-state index contributed by atoms with van der Waals surface area (Å²) in [5.41, 5.74) is -1.37. The van der Waals surface area contributed by atoms with E-state index in [4.69, 9.17) is 11.6 Å². The van der Waals surface area contributed by atoms with Crippen LogP contribution in [-0.4, -0.2) is 30.3 Å². The lowest BCUT2D eigenvalue weighted by molar-refractivity contribution is -0.142.